The number of aryl methyl sites for hydroxylation is 1. The Kier molecular flexibility index (Phi) is 4.17. The van der Waals surface area contributed by atoms with E-state index in [9.17, 15) is 4.79 Å². The van der Waals surface area contributed by atoms with Gasteiger partial charge in [-0.05, 0) is 27.0 Å². The summed E-state index contributed by atoms with van der Waals surface area (Å²) in [5.41, 5.74) is 0.753. The molecule has 0 spiro atoms. The lowest BCUT2D eigenvalue weighted by atomic mass is 10.2. The van der Waals surface area contributed by atoms with E-state index in [1.807, 2.05) is 11.8 Å². The molecule has 1 amide bonds. The van der Waals surface area contributed by atoms with E-state index < -0.39 is 0 Å². The van der Waals surface area contributed by atoms with E-state index in [-0.39, 0.29) is 11.9 Å². The minimum absolute atomic E-state index is 0.0674. The van der Waals surface area contributed by atoms with Crippen molar-refractivity contribution in [1.29, 1.82) is 0 Å². The summed E-state index contributed by atoms with van der Waals surface area (Å²) in [6.45, 7) is 6.52. The van der Waals surface area contributed by atoms with Crippen LogP contribution in [0.3, 0.4) is 0 Å². The molecule has 6 nitrogen and oxygen atoms in total. The van der Waals surface area contributed by atoms with Gasteiger partial charge in [-0.15, -0.1) is 11.3 Å². The summed E-state index contributed by atoms with van der Waals surface area (Å²) in [4.78, 5) is 30.6. The summed E-state index contributed by atoms with van der Waals surface area (Å²) in [5, 5.41) is 0.697. The lowest BCUT2D eigenvalue weighted by Gasteiger charge is -2.38. The van der Waals surface area contributed by atoms with Crippen molar-refractivity contribution in [2.45, 2.75) is 19.9 Å². The van der Waals surface area contributed by atoms with E-state index in [0.29, 0.717) is 15.7 Å². The fraction of sp³-hybridized carbons (Fsp3) is 0.467. The van der Waals surface area contributed by atoms with Gasteiger partial charge in [0.05, 0.1) is 5.69 Å². The van der Waals surface area contributed by atoms with Gasteiger partial charge >= 0.3 is 0 Å². The van der Waals surface area contributed by atoms with Gasteiger partial charge in [-0.2, -0.15) is 0 Å². The number of likely N-dealkylation sites (N-methyl/N-ethyl adjacent to an activating group) is 1. The highest BCUT2D eigenvalue weighted by Gasteiger charge is 2.29. The molecule has 0 aromatic carbocycles. The highest BCUT2D eigenvalue weighted by molar-refractivity contribution is 7.17. The quantitative estimate of drug-likeness (QED) is 0.843. The van der Waals surface area contributed by atoms with E-state index in [1.165, 1.54) is 11.3 Å². The molecular formula is C15H19N5OS. The van der Waals surface area contributed by atoms with Crippen molar-refractivity contribution in [2.24, 2.45) is 0 Å². The van der Waals surface area contributed by atoms with Gasteiger partial charge in [0.2, 0.25) is 0 Å². The molecule has 3 rings (SSSR count). The third-order valence-corrected chi connectivity index (χ3v) is 4.98. The van der Waals surface area contributed by atoms with Crippen LogP contribution in [-0.2, 0) is 0 Å². The van der Waals surface area contributed by atoms with Gasteiger partial charge < -0.3 is 9.80 Å². The Hall–Kier alpha value is -1.86. The number of nitrogens with zero attached hydrogens (tertiary/aromatic N) is 5. The topological polar surface area (TPSA) is 62.2 Å². The third-order valence-electron chi connectivity index (χ3n) is 3.84. The highest BCUT2D eigenvalue weighted by Crippen LogP contribution is 2.27. The zero-order valence-corrected chi connectivity index (χ0v) is 13.8. The molecule has 1 saturated heterocycles. The van der Waals surface area contributed by atoms with Crippen molar-refractivity contribution in [3.05, 3.63) is 29.0 Å². The second kappa shape index (κ2) is 6.10. The standard InChI is InChI=1S/C15H19N5OS/c1-10-9-19(3)7-8-20(10)15(21)12-11(2)18-14(22-12)13-16-5-4-6-17-13/h4-6,10H,7-9H2,1-3H3/t10-/m0/s1. The molecule has 1 aliphatic rings. The van der Waals surface area contributed by atoms with Gasteiger partial charge in [0.15, 0.2) is 10.8 Å². The third kappa shape index (κ3) is 2.86. The number of aromatic nitrogens is 3. The van der Waals surface area contributed by atoms with Crippen LogP contribution in [0.15, 0.2) is 18.5 Å². The zero-order chi connectivity index (χ0) is 15.7. The van der Waals surface area contributed by atoms with Gasteiger partial charge in [0.25, 0.3) is 5.91 Å². The van der Waals surface area contributed by atoms with Gasteiger partial charge in [-0.1, -0.05) is 0 Å². The number of amides is 1. The molecule has 0 unspecified atom stereocenters. The molecule has 1 atom stereocenters. The van der Waals surface area contributed by atoms with Crippen LogP contribution >= 0.6 is 11.3 Å². The average Bonchev–Trinajstić information content (AvgIpc) is 2.89. The molecule has 22 heavy (non-hydrogen) atoms. The molecule has 0 saturated carbocycles. The van der Waals surface area contributed by atoms with Crippen LogP contribution in [0.2, 0.25) is 0 Å². The van der Waals surface area contributed by atoms with Gasteiger partial charge in [0.1, 0.15) is 4.88 Å². The fourth-order valence-corrected chi connectivity index (χ4v) is 3.64. The SMILES string of the molecule is Cc1nc(-c2ncccn2)sc1C(=O)N1CCN(C)C[C@@H]1C. The second-order valence-electron chi connectivity index (χ2n) is 5.62. The van der Waals surface area contributed by atoms with E-state index in [1.54, 1.807) is 18.5 Å². The van der Waals surface area contributed by atoms with Gasteiger partial charge in [-0.25, -0.2) is 15.0 Å². The first-order valence-corrected chi connectivity index (χ1v) is 8.12. The number of thiazole rings is 1. The maximum Gasteiger partial charge on any atom is 0.266 e. The van der Waals surface area contributed by atoms with Crippen LogP contribution in [0, 0.1) is 6.92 Å². The number of hydrogen-bond acceptors (Lipinski definition) is 6. The minimum atomic E-state index is 0.0674. The Labute approximate surface area is 133 Å². The predicted molar refractivity (Wildman–Crippen MR) is 85.9 cm³/mol. The Balaban J connectivity index is 1.86. The molecule has 0 bridgehead atoms. The summed E-state index contributed by atoms with van der Waals surface area (Å²) in [7, 11) is 2.08. The summed E-state index contributed by atoms with van der Waals surface area (Å²) in [5.74, 6) is 0.638. The molecule has 1 aliphatic heterocycles. The van der Waals surface area contributed by atoms with E-state index in [2.05, 4.69) is 33.8 Å². The number of carbonyl (C=O) groups excluding carboxylic acids is 1. The lowest BCUT2D eigenvalue weighted by Crippen LogP contribution is -2.52. The van der Waals surface area contributed by atoms with Gasteiger partial charge in [-0.3, -0.25) is 4.79 Å². The van der Waals surface area contributed by atoms with Crippen LogP contribution in [0.25, 0.3) is 10.8 Å². The number of hydrogen-bond donors (Lipinski definition) is 0. The van der Waals surface area contributed by atoms with E-state index in [4.69, 9.17) is 0 Å². The number of carbonyl (C=O) groups is 1. The van der Waals surface area contributed by atoms with Crippen molar-refractivity contribution < 1.29 is 4.79 Å². The number of piperazine rings is 1. The van der Waals surface area contributed by atoms with E-state index >= 15 is 0 Å². The first kappa shape index (κ1) is 15.1. The van der Waals surface area contributed by atoms with Crippen molar-refractivity contribution >= 4 is 17.2 Å². The normalized spacial score (nSPS) is 19.4. The van der Waals surface area contributed by atoms with Crippen molar-refractivity contribution in [2.75, 3.05) is 26.7 Å². The smallest absolute Gasteiger partial charge is 0.266 e. The summed E-state index contributed by atoms with van der Waals surface area (Å²) < 4.78 is 0. The van der Waals surface area contributed by atoms with Crippen LogP contribution < -0.4 is 0 Å². The summed E-state index contributed by atoms with van der Waals surface area (Å²) in [6.07, 6.45) is 3.37. The molecule has 116 valence electrons. The van der Waals surface area contributed by atoms with Crippen molar-refractivity contribution in [3.8, 4) is 10.8 Å². The summed E-state index contributed by atoms with van der Waals surface area (Å²) >= 11 is 1.38. The van der Waals surface area contributed by atoms with Crippen LogP contribution in [0.1, 0.15) is 22.3 Å². The van der Waals surface area contributed by atoms with Crippen molar-refractivity contribution in [1.82, 2.24) is 24.8 Å². The predicted octanol–water partition coefficient (Wildman–Crippen LogP) is 1.68. The lowest BCUT2D eigenvalue weighted by molar-refractivity contribution is 0.0537. The minimum Gasteiger partial charge on any atom is -0.333 e. The maximum atomic E-state index is 12.8. The zero-order valence-electron chi connectivity index (χ0n) is 13.0. The van der Waals surface area contributed by atoms with Crippen LogP contribution in [0.5, 0.6) is 0 Å². The molecule has 7 heteroatoms. The van der Waals surface area contributed by atoms with Gasteiger partial charge in [0, 0.05) is 38.1 Å². The van der Waals surface area contributed by atoms with Crippen LogP contribution in [0.4, 0.5) is 0 Å². The molecule has 3 heterocycles. The molecular weight excluding hydrogens is 298 g/mol. The summed E-state index contributed by atoms with van der Waals surface area (Å²) in [6, 6.07) is 1.98. The molecule has 0 radical (unpaired) electrons. The Bertz CT molecular complexity index is 672. The molecule has 0 aliphatic carbocycles. The Morgan fingerprint density at radius 3 is 2.73 bits per heavy atom. The first-order valence-electron chi connectivity index (χ1n) is 7.30. The molecule has 2 aromatic rings. The fourth-order valence-electron chi connectivity index (χ4n) is 2.67. The largest absolute Gasteiger partial charge is 0.333 e. The highest BCUT2D eigenvalue weighted by atomic mass is 32.1. The average molecular weight is 317 g/mol. The maximum absolute atomic E-state index is 12.8. The Morgan fingerprint density at radius 1 is 1.32 bits per heavy atom. The molecule has 2 aromatic heterocycles. The van der Waals surface area contributed by atoms with Crippen LogP contribution in [-0.4, -0.2) is 63.4 Å². The first-order chi connectivity index (χ1) is 10.6. The molecule has 1 fully saturated rings. The van der Waals surface area contributed by atoms with Crippen molar-refractivity contribution in [3.63, 3.8) is 0 Å². The number of rotatable bonds is 2. The monoisotopic (exact) mass is 317 g/mol. The second-order valence-corrected chi connectivity index (χ2v) is 6.61. The Morgan fingerprint density at radius 2 is 2.05 bits per heavy atom. The van der Waals surface area contributed by atoms with E-state index in [0.717, 1.165) is 25.3 Å². The molecule has 0 N–H and O–H groups in total.